The SMILES string of the molecule is CC1CCCCN1C(=O)c1cn(-c2ccccc2)nc1-c1ccccc1. The summed E-state index contributed by atoms with van der Waals surface area (Å²) >= 11 is 0. The molecule has 1 amide bonds. The van der Waals surface area contributed by atoms with E-state index in [1.54, 1.807) is 0 Å². The maximum Gasteiger partial charge on any atom is 0.257 e. The van der Waals surface area contributed by atoms with E-state index in [0.717, 1.165) is 36.3 Å². The van der Waals surface area contributed by atoms with Crippen LogP contribution in [-0.2, 0) is 0 Å². The fourth-order valence-corrected chi connectivity index (χ4v) is 3.61. The van der Waals surface area contributed by atoms with Gasteiger partial charge in [0.05, 0.1) is 11.3 Å². The van der Waals surface area contributed by atoms with Crippen molar-refractivity contribution in [2.45, 2.75) is 32.2 Å². The normalized spacial score (nSPS) is 17.3. The first kappa shape index (κ1) is 16.6. The van der Waals surface area contributed by atoms with Crippen molar-refractivity contribution in [3.8, 4) is 16.9 Å². The number of likely N-dealkylation sites (tertiary alicyclic amines) is 1. The van der Waals surface area contributed by atoms with Gasteiger partial charge >= 0.3 is 0 Å². The van der Waals surface area contributed by atoms with E-state index in [9.17, 15) is 4.79 Å². The number of carbonyl (C=O) groups is 1. The monoisotopic (exact) mass is 345 g/mol. The molecule has 4 nitrogen and oxygen atoms in total. The topological polar surface area (TPSA) is 38.1 Å². The highest BCUT2D eigenvalue weighted by molar-refractivity contribution is 6.00. The number of hydrogen-bond acceptors (Lipinski definition) is 2. The summed E-state index contributed by atoms with van der Waals surface area (Å²) < 4.78 is 1.81. The molecule has 1 atom stereocenters. The molecule has 26 heavy (non-hydrogen) atoms. The van der Waals surface area contributed by atoms with Crippen LogP contribution in [0.1, 0.15) is 36.5 Å². The summed E-state index contributed by atoms with van der Waals surface area (Å²) in [7, 11) is 0. The molecular formula is C22H23N3O. The lowest BCUT2D eigenvalue weighted by Crippen LogP contribution is -2.42. The zero-order chi connectivity index (χ0) is 17.9. The second-order valence-electron chi connectivity index (χ2n) is 6.88. The molecule has 0 aliphatic carbocycles. The molecule has 4 heteroatoms. The first-order valence-electron chi connectivity index (χ1n) is 9.25. The van der Waals surface area contributed by atoms with Gasteiger partial charge in [0.25, 0.3) is 5.91 Å². The molecule has 0 bridgehead atoms. The number of rotatable bonds is 3. The van der Waals surface area contributed by atoms with Crippen molar-refractivity contribution < 1.29 is 4.79 Å². The summed E-state index contributed by atoms with van der Waals surface area (Å²) in [5.74, 6) is 0.0817. The van der Waals surface area contributed by atoms with Crippen LogP contribution in [0.4, 0.5) is 0 Å². The summed E-state index contributed by atoms with van der Waals surface area (Å²) in [5.41, 5.74) is 3.34. The second-order valence-corrected chi connectivity index (χ2v) is 6.88. The molecule has 0 N–H and O–H groups in total. The molecule has 3 aromatic rings. The third-order valence-electron chi connectivity index (χ3n) is 5.08. The van der Waals surface area contributed by atoms with Crippen LogP contribution in [0.3, 0.4) is 0 Å². The molecule has 1 aliphatic heterocycles. The number of aromatic nitrogens is 2. The van der Waals surface area contributed by atoms with Crippen molar-refractivity contribution in [1.82, 2.24) is 14.7 Å². The average molecular weight is 345 g/mol. The highest BCUT2D eigenvalue weighted by Crippen LogP contribution is 2.27. The standard InChI is InChI=1S/C22H23N3O/c1-17-10-8-9-15-24(17)22(26)20-16-25(19-13-6-3-7-14-19)23-21(20)18-11-4-2-5-12-18/h2-7,11-14,16-17H,8-10,15H2,1H3. The minimum absolute atomic E-state index is 0.0817. The van der Waals surface area contributed by atoms with Crippen molar-refractivity contribution in [2.24, 2.45) is 0 Å². The van der Waals surface area contributed by atoms with E-state index in [4.69, 9.17) is 5.10 Å². The molecular weight excluding hydrogens is 322 g/mol. The van der Waals surface area contributed by atoms with Gasteiger partial charge in [-0.3, -0.25) is 4.79 Å². The van der Waals surface area contributed by atoms with Crippen molar-refractivity contribution >= 4 is 5.91 Å². The number of carbonyl (C=O) groups excluding carboxylic acids is 1. The molecule has 2 heterocycles. The van der Waals surface area contributed by atoms with E-state index in [2.05, 4.69) is 6.92 Å². The van der Waals surface area contributed by atoms with Gasteiger partial charge in [-0.15, -0.1) is 0 Å². The fourth-order valence-electron chi connectivity index (χ4n) is 3.61. The van der Waals surface area contributed by atoms with Crippen molar-refractivity contribution in [3.63, 3.8) is 0 Å². The molecule has 0 saturated carbocycles. The van der Waals surface area contributed by atoms with Gasteiger partial charge < -0.3 is 4.90 Å². The number of nitrogens with zero attached hydrogens (tertiary/aromatic N) is 3. The molecule has 1 unspecified atom stereocenters. The number of benzene rings is 2. The van der Waals surface area contributed by atoms with E-state index >= 15 is 0 Å². The van der Waals surface area contributed by atoms with Gasteiger partial charge in [-0.1, -0.05) is 48.5 Å². The van der Waals surface area contributed by atoms with E-state index in [0.29, 0.717) is 5.56 Å². The van der Waals surface area contributed by atoms with Gasteiger partial charge in [0.15, 0.2) is 0 Å². The molecule has 4 rings (SSSR count). The van der Waals surface area contributed by atoms with Gasteiger partial charge in [0.2, 0.25) is 0 Å². The third-order valence-corrected chi connectivity index (χ3v) is 5.08. The number of para-hydroxylation sites is 1. The summed E-state index contributed by atoms with van der Waals surface area (Å²) in [6.07, 6.45) is 5.21. The Morgan fingerprint density at radius 1 is 1.00 bits per heavy atom. The van der Waals surface area contributed by atoms with Crippen LogP contribution in [0, 0.1) is 0 Å². The Balaban J connectivity index is 1.79. The van der Waals surface area contributed by atoms with Crippen LogP contribution in [0.2, 0.25) is 0 Å². The first-order valence-corrected chi connectivity index (χ1v) is 9.25. The Morgan fingerprint density at radius 3 is 2.38 bits per heavy atom. The van der Waals surface area contributed by atoms with Crippen molar-refractivity contribution in [3.05, 3.63) is 72.4 Å². The highest BCUT2D eigenvalue weighted by atomic mass is 16.2. The summed E-state index contributed by atoms with van der Waals surface area (Å²) in [6.45, 7) is 2.96. The van der Waals surface area contributed by atoms with Crippen LogP contribution in [0.25, 0.3) is 16.9 Å². The van der Waals surface area contributed by atoms with Gasteiger partial charge in [0.1, 0.15) is 5.69 Å². The molecule has 1 aromatic heterocycles. The fraction of sp³-hybridized carbons (Fsp3) is 0.273. The lowest BCUT2D eigenvalue weighted by atomic mass is 10.0. The number of piperidine rings is 1. The van der Waals surface area contributed by atoms with Crippen molar-refractivity contribution in [2.75, 3.05) is 6.54 Å². The van der Waals surface area contributed by atoms with Gasteiger partial charge in [-0.2, -0.15) is 5.10 Å². The Labute approximate surface area is 154 Å². The predicted molar refractivity (Wildman–Crippen MR) is 103 cm³/mol. The lowest BCUT2D eigenvalue weighted by molar-refractivity contribution is 0.0636. The Kier molecular flexibility index (Phi) is 4.57. The zero-order valence-corrected chi connectivity index (χ0v) is 15.0. The molecule has 132 valence electrons. The van der Waals surface area contributed by atoms with Crippen LogP contribution < -0.4 is 0 Å². The molecule has 1 saturated heterocycles. The molecule has 2 aromatic carbocycles. The quantitative estimate of drug-likeness (QED) is 0.698. The zero-order valence-electron chi connectivity index (χ0n) is 15.0. The summed E-state index contributed by atoms with van der Waals surface area (Å²) in [4.78, 5) is 15.3. The van der Waals surface area contributed by atoms with Crippen LogP contribution >= 0.6 is 0 Å². The van der Waals surface area contributed by atoms with E-state index in [-0.39, 0.29) is 11.9 Å². The largest absolute Gasteiger partial charge is 0.336 e. The molecule has 0 spiro atoms. The smallest absolute Gasteiger partial charge is 0.257 e. The van der Waals surface area contributed by atoms with E-state index in [1.165, 1.54) is 6.42 Å². The maximum atomic E-state index is 13.3. The Bertz CT molecular complexity index is 886. The Morgan fingerprint density at radius 2 is 1.69 bits per heavy atom. The molecule has 0 radical (unpaired) electrons. The Hall–Kier alpha value is -2.88. The number of amides is 1. The minimum Gasteiger partial charge on any atom is -0.336 e. The average Bonchev–Trinajstić information content (AvgIpc) is 3.15. The van der Waals surface area contributed by atoms with E-state index < -0.39 is 0 Å². The molecule has 1 fully saturated rings. The number of hydrogen-bond donors (Lipinski definition) is 0. The van der Waals surface area contributed by atoms with Crippen LogP contribution in [-0.4, -0.2) is 33.2 Å². The second kappa shape index (κ2) is 7.16. The first-order chi connectivity index (χ1) is 12.7. The van der Waals surface area contributed by atoms with Gasteiger partial charge in [-0.05, 0) is 38.3 Å². The van der Waals surface area contributed by atoms with Crippen LogP contribution in [0.15, 0.2) is 66.9 Å². The minimum atomic E-state index is 0.0817. The van der Waals surface area contributed by atoms with Gasteiger partial charge in [-0.25, -0.2) is 4.68 Å². The highest BCUT2D eigenvalue weighted by Gasteiger charge is 2.28. The van der Waals surface area contributed by atoms with Crippen LogP contribution in [0.5, 0.6) is 0 Å². The lowest BCUT2D eigenvalue weighted by Gasteiger charge is -2.33. The summed E-state index contributed by atoms with van der Waals surface area (Å²) in [6, 6.07) is 20.2. The predicted octanol–water partition coefficient (Wildman–Crippen LogP) is 4.55. The summed E-state index contributed by atoms with van der Waals surface area (Å²) in [5, 5.41) is 4.76. The van der Waals surface area contributed by atoms with Crippen molar-refractivity contribution in [1.29, 1.82) is 0 Å². The third kappa shape index (κ3) is 3.15. The molecule has 1 aliphatic rings. The maximum absolute atomic E-state index is 13.3. The van der Waals surface area contributed by atoms with E-state index in [1.807, 2.05) is 76.4 Å². The van der Waals surface area contributed by atoms with Gasteiger partial charge in [0, 0.05) is 24.3 Å².